The predicted octanol–water partition coefficient (Wildman–Crippen LogP) is 7.59. The molecule has 36 heavy (non-hydrogen) atoms. The summed E-state index contributed by atoms with van der Waals surface area (Å²) in [6, 6.07) is 8.94. The first-order chi connectivity index (χ1) is 17.2. The van der Waals surface area contributed by atoms with Crippen LogP contribution in [0.25, 0.3) is 10.8 Å². The van der Waals surface area contributed by atoms with Crippen molar-refractivity contribution in [2.24, 2.45) is 11.8 Å². The average molecular weight is 504 g/mol. The highest BCUT2D eigenvalue weighted by Gasteiger charge is 2.45. The second-order valence-electron chi connectivity index (χ2n) is 11.1. The summed E-state index contributed by atoms with van der Waals surface area (Å²) in [4.78, 5) is 13.9. The molecule has 0 amide bonds. The quantitative estimate of drug-likeness (QED) is 0.441. The number of nitrogens with zero attached hydrogens (tertiary/aromatic N) is 1. The lowest BCUT2D eigenvalue weighted by molar-refractivity contribution is -0.144. The summed E-state index contributed by atoms with van der Waals surface area (Å²) >= 11 is 0. The van der Waals surface area contributed by atoms with Crippen LogP contribution in [0.2, 0.25) is 0 Å². The molecule has 1 aliphatic carbocycles. The van der Waals surface area contributed by atoms with Gasteiger partial charge in [0.05, 0.1) is 12.0 Å². The van der Waals surface area contributed by atoms with E-state index in [1.807, 2.05) is 6.07 Å². The van der Waals surface area contributed by atoms with E-state index in [9.17, 15) is 23.1 Å². The van der Waals surface area contributed by atoms with Crippen LogP contribution in [0.3, 0.4) is 0 Å². The summed E-state index contributed by atoms with van der Waals surface area (Å²) in [5, 5.41) is 10.2. The zero-order valence-corrected chi connectivity index (χ0v) is 21.1. The minimum absolute atomic E-state index is 0.0145. The lowest BCUT2D eigenvalue weighted by atomic mass is 9.86. The Balaban J connectivity index is 1.41. The molecule has 7 heteroatoms. The topological polar surface area (TPSA) is 49.8 Å². The van der Waals surface area contributed by atoms with E-state index in [0.717, 1.165) is 50.5 Å². The minimum Gasteiger partial charge on any atom is -0.490 e. The van der Waals surface area contributed by atoms with Crippen molar-refractivity contribution < 1.29 is 27.8 Å². The first-order valence-corrected chi connectivity index (χ1v) is 13.5. The molecule has 196 valence electrons. The van der Waals surface area contributed by atoms with Gasteiger partial charge in [-0.25, -0.2) is 0 Å². The number of benzene rings is 2. The number of carbonyl (C=O) groups is 1. The van der Waals surface area contributed by atoms with E-state index in [1.54, 1.807) is 18.2 Å². The van der Waals surface area contributed by atoms with Crippen LogP contribution in [0.15, 0.2) is 30.3 Å². The van der Waals surface area contributed by atoms with E-state index in [2.05, 4.69) is 18.7 Å². The Morgan fingerprint density at radius 2 is 1.72 bits per heavy atom. The second kappa shape index (κ2) is 9.88. The molecule has 3 atom stereocenters. The highest BCUT2D eigenvalue weighted by molar-refractivity contribution is 5.89. The molecular weight excluding hydrogens is 467 g/mol. The van der Waals surface area contributed by atoms with Crippen molar-refractivity contribution in [3.63, 3.8) is 0 Å². The number of hydrogen-bond acceptors (Lipinski definition) is 3. The van der Waals surface area contributed by atoms with E-state index in [0.29, 0.717) is 24.1 Å². The first kappa shape index (κ1) is 25.4. The van der Waals surface area contributed by atoms with Crippen molar-refractivity contribution in [1.29, 1.82) is 0 Å². The minimum atomic E-state index is -4.51. The molecular formula is C29H36F3NO3. The summed E-state index contributed by atoms with van der Waals surface area (Å²) < 4.78 is 48.8. The van der Waals surface area contributed by atoms with E-state index in [-0.39, 0.29) is 41.3 Å². The number of carboxylic acid groups (broad SMARTS) is 1. The predicted molar refractivity (Wildman–Crippen MR) is 133 cm³/mol. The van der Waals surface area contributed by atoms with Crippen LogP contribution in [0.1, 0.15) is 88.8 Å². The highest BCUT2D eigenvalue weighted by Crippen LogP contribution is 2.46. The Morgan fingerprint density at radius 1 is 1.06 bits per heavy atom. The van der Waals surface area contributed by atoms with Crippen LogP contribution in [0.5, 0.6) is 5.75 Å². The fourth-order valence-corrected chi connectivity index (χ4v) is 7.04. The number of ether oxygens (including phenoxy) is 1. The zero-order chi connectivity index (χ0) is 25.6. The molecule has 4 nitrogen and oxygen atoms in total. The van der Waals surface area contributed by atoms with Gasteiger partial charge in [-0.2, -0.15) is 13.2 Å². The molecule has 2 bridgehead atoms. The first-order valence-electron chi connectivity index (χ1n) is 13.5. The van der Waals surface area contributed by atoms with Gasteiger partial charge in [-0.15, -0.1) is 0 Å². The Labute approximate surface area is 210 Å². The summed E-state index contributed by atoms with van der Waals surface area (Å²) in [5.41, 5.74) is 0.284. The number of aliphatic carboxylic acids is 1. The van der Waals surface area contributed by atoms with Gasteiger partial charge >= 0.3 is 12.1 Å². The molecule has 2 saturated heterocycles. The van der Waals surface area contributed by atoms with Gasteiger partial charge in [-0.05, 0) is 92.7 Å². The third-order valence-corrected chi connectivity index (χ3v) is 9.02. The molecule has 5 rings (SSSR count). The Kier molecular flexibility index (Phi) is 6.96. The lowest BCUT2D eigenvalue weighted by Gasteiger charge is -2.41. The number of hydrogen-bond donors (Lipinski definition) is 1. The number of fused-ring (bicyclic) bond motifs is 3. The molecule has 2 heterocycles. The smallest absolute Gasteiger partial charge is 0.420 e. The summed E-state index contributed by atoms with van der Waals surface area (Å²) in [6.45, 7) is 4.25. The number of halogens is 3. The number of carboxylic acids is 1. The van der Waals surface area contributed by atoms with Gasteiger partial charge < -0.3 is 9.84 Å². The molecule has 1 N–H and O–H groups in total. The fourth-order valence-electron chi connectivity index (χ4n) is 7.04. The van der Waals surface area contributed by atoms with Crippen molar-refractivity contribution in [3.05, 3.63) is 41.5 Å². The normalized spacial score (nSPS) is 29.9. The summed E-state index contributed by atoms with van der Waals surface area (Å²) in [6.07, 6.45) is 3.26. The third-order valence-electron chi connectivity index (χ3n) is 9.02. The summed E-state index contributed by atoms with van der Waals surface area (Å²) in [5.74, 6) is -0.438. The zero-order valence-electron chi connectivity index (χ0n) is 21.1. The number of rotatable bonds is 6. The molecule has 0 radical (unpaired) electrons. The van der Waals surface area contributed by atoms with Crippen LogP contribution in [-0.4, -0.2) is 34.2 Å². The highest BCUT2D eigenvalue weighted by atomic mass is 19.4. The van der Waals surface area contributed by atoms with Crippen LogP contribution in [0, 0.1) is 11.8 Å². The van der Waals surface area contributed by atoms with Crippen molar-refractivity contribution in [2.45, 2.75) is 102 Å². The monoisotopic (exact) mass is 503 g/mol. The largest absolute Gasteiger partial charge is 0.490 e. The van der Waals surface area contributed by atoms with Gasteiger partial charge in [0.1, 0.15) is 11.3 Å². The molecule has 2 aliphatic heterocycles. The van der Waals surface area contributed by atoms with Crippen LogP contribution in [-0.2, 0) is 11.0 Å². The Bertz CT molecular complexity index is 1090. The Morgan fingerprint density at radius 3 is 2.31 bits per heavy atom. The van der Waals surface area contributed by atoms with Crippen LogP contribution < -0.4 is 4.74 Å². The standard InChI is InChI=1S/C29H36F3NO3/c1-3-18-4-10-24(11-5-18)36-26-13-7-20-14-19(6-12-25(20)27(26)29(30,31)32)17(2)33-22-8-9-23(33)16-21(15-22)28(34)35/h6-7,12-14,17-18,21-24H,3-5,8-11,15-16H2,1-2H3,(H,34,35)/t17-,18-,21?,22?,23?,24+/m1/s1. The fraction of sp³-hybridized carbons (Fsp3) is 0.621. The molecule has 0 aromatic heterocycles. The van der Waals surface area contributed by atoms with Crippen molar-refractivity contribution >= 4 is 16.7 Å². The molecule has 0 spiro atoms. The van der Waals surface area contributed by atoms with Gasteiger partial charge in [-0.1, -0.05) is 31.5 Å². The average Bonchev–Trinajstić information content (AvgIpc) is 3.11. The van der Waals surface area contributed by atoms with Crippen molar-refractivity contribution in [3.8, 4) is 5.75 Å². The van der Waals surface area contributed by atoms with E-state index >= 15 is 0 Å². The molecule has 3 fully saturated rings. The van der Waals surface area contributed by atoms with Crippen molar-refractivity contribution in [2.75, 3.05) is 0 Å². The molecule has 2 aromatic carbocycles. The maximum Gasteiger partial charge on any atom is 0.420 e. The van der Waals surface area contributed by atoms with Gasteiger partial charge in [-0.3, -0.25) is 9.69 Å². The molecule has 2 unspecified atom stereocenters. The van der Waals surface area contributed by atoms with Gasteiger partial charge in [0.25, 0.3) is 0 Å². The number of alkyl halides is 3. The lowest BCUT2D eigenvalue weighted by Crippen LogP contribution is -2.45. The van der Waals surface area contributed by atoms with E-state index in [1.165, 1.54) is 6.07 Å². The second-order valence-corrected chi connectivity index (χ2v) is 11.1. The SMILES string of the molecule is CC[C@H]1CC[C@@H](Oc2ccc3cc([C@@H](C)N4C5CCC4CC(C(=O)O)C5)ccc3c2C(F)(F)F)CC1. The summed E-state index contributed by atoms with van der Waals surface area (Å²) in [7, 11) is 0. The maximum absolute atomic E-state index is 14.3. The molecule has 3 aliphatic rings. The molecule has 1 saturated carbocycles. The van der Waals surface area contributed by atoms with Crippen LogP contribution in [0.4, 0.5) is 13.2 Å². The molecule has 2 aromatic rings. The maximum atomic E-state index is 14.3. The van der Waals surface area contributed by atoms with Crippen LogP contribution >= 0.6 is 0 Å². The van der Waals surface area contributed by atoms with Gasteiger partial charge in [0.2, 0.25) is 0 Å². The van der Waals surface area contributed by atoms with E-state index < -0.39 is 17.7 Å². The third kappa shape index (κ3) is 4.83. The number of piperidine rings is 1. The van der Waals surface area contributed by atoms with Crippen molar-refractivity contribution in [1.82, 2.24) is 4.90 Å². The van der Waals surface area contributed by atoms with Gasteiger partial charge in [0.15, 0.2) is 0 Å². The Hall–Kier alpha value is -2.28. The van der Waals surface area contributed by atoms with Gasteiger partial charge in [0, 0.05) is 18.1 Å². The van der Waals surface area contributed by atoms with E-state index in [4.69, 9.17) is 4.74 Å².